The van der Waals surface area contributed by atoms with Gasteiger partial charge in [-0.1, -0.05) is 0 Å². The summed E-state index contributed by atoms with van der Waals surface area (Å²) in [6, 6.07) is 0. The zero-order valence-electron chi connectivity index (χ0n) is 12.2. The Labute approximate surface area is 152 Å². The van der Waals surface area contributed by atoms with Crippen LogP contribution in [0.1, 0.15) is 25.7 Å². The molecule has 2 fully saturated rings. The van der Waals surface area contributed by atoms with E-state index in [0.717, 1.165) is 31.0 Å². The molecule has 0 radical (unpaired) electrons. The second-order valence-corrected chi connectivity index (χ2v) is 13.1. The Morgan fingerprint density at radius 2 is 1.00 bits per heavy atom. The summed E-state index contributed by atoms with van der Waals surface area (Å²) in [5.74, 6) is 3.69. The van der Waals surface area contributed by atoms with Gasteiger partial charge in [-0.3, -0.25) is 0 Å². The molecule has 0 aromatic carbocycles. The predicted octanol–water partition coefficient (Wildman–Crippen LogP) is -1.04. The number of halogens is 2. The van der Waals surface area contributed by atoms with Gasteiger partial charge in [0.1, 0.15) is 0 Å². The Kier molecular flexibility index (Phi) is 6.59. The van der Waals surface area contributed by atoms with Crippen LogP contribution in [-0.2, 0) is 22.9 Å². The smallest absolute Gasteiger partial charge is 1.00 e. The Morgan fingerprint density at radius 1 is 0.571 bits per heavy atom. The van der Waals surface area contributed by atoms with Crippen molar-refractivity contribution in [1.82, 2.24) is 0 Å². The number of allylic oxidation sites excluding steroid dienone is 8. The molecule has 0 bridgehead atoms. The van der Waals surface area contributed by atoms with Crippen molar-refractivity contribution in [3.05, 3.63) is 48.6 Å². The van der Waals surface area contributed by atoms with Gasteiger partial charge in [0, 0.05) is 0 Å². The molecular weight excluding hydrogens is 466 g/mol. The molecule has 0 saturated heterocycles. The average molecular weight is 488 g/mol. The van der Waals surface area contributed by atoms with Crippen LogP contribution >= 0.6 is 0 Å². The van der Waals surface area contributed by atoms with Crippen LogP contribution in [0.3, 0.4) is 0 Å². The van der Waals surface area contributed by atoms with Gasteiger partial charge in [-0.05, 0) is 0 Å². The summed E-state index contributed by atoms with van der Waals surface area (Å²) in [5, 5.41) is 0. The van der Waals surface area contributed by atoms with E-state index in [9.17, 15) is 0 Å². The van der Waals surface area contributed by atoms with E-state index in [1.54, 1.807) is 12.8 Å². The van der Waals surface area contributed by atoms with Crippen molar-refractivity contribution in [2.45, 2.75) is 33.0 Å². The largest absolute Gasteiger partial charge is 1.00 e. The minimum absolute atomic E-state index is 0. The van der Waals surface area contributed by atoms with Crippen molar-refractivity contribution in [2.75, 3.05) is 0 Å². The molecule has 0 nitrogen and oxygen atoms in total. The van der Waals surface area contributed by atoms with E-state index in [0.29, 0.717) is 0 Å². The van der Waals surface area contributed by atoms with E-state index in [4.69, 9.17) is 0 Å². The fourth-order valence-electron chi connectivity index (χ4n) is 4.58. The molecule has 0 amide bonds. The van der Waals surface area contributed by atoms with E-state index in [1.807, 2.05) is 0 Å². The molecule has 2 saturated carbocycles. The summed E-state index contributed by atoms with van der Waals surface area (Å²) in [5.41, 5.74) is 0. The Morgan fingerprint density at radius 3 is 1.48 bits per heavy atom. The normalized spacial score (nSPS) is 41.7. The first kappa shape index (κ1) is 17.8. The molecule has 0 N–H and O–H groups in total. The van der Waals surface area contributed by atoms with Crippen molar-refractivity contribution >= 4 is 0 Å². The van der Waals surface area contributed by atoms with Crippen LogP contribution in [-0.4, -0.2) is 0 Å². The summed E-state index contributed by atoms with van der Waals surface area (Å²) >= 11 is -0.501. The number of rotatable bonds is 2. The summed E-state index contributed by atoms with van der Waals surface area (Å²) in [6.07, 6.45) is 25.2. The summed E-state index contributed by atoms with van der Waals surface area (Å²) in [6.45, 7) is 0. The third-order valence-electron chi connectivity index (χ3n) is 5.57. The SMILES string of the molecule is C1=CC2CC[CH]([Hf+2][CH]3CCC4C=CC=CC43)C2C=C1.[Cl-].[Cl-]. The molecule has 4 aliphatic carbocycles. The Hall–Kier alpha value is 0.410. The molecule has 3 heteroatoms. The van der Waals surface area contributed by atoms with E-state index in [2.05, 4.69) is 48.6 Å². The Bertz CT molecular complexity index is 424. The van der Waals surface area contributed by atoms with Crippen LogP contribution in [0.2, 0.25) is 7.35 Å². The molecule has 4 aliphatic rings. The topological polar surface area (TPSA) is 0 Å². The Balaban J connectivity index is 0.000000807. The van der Waals surface area contributed by atoms with Crippen LogP contribution in [0.15, 0.2) is 48.6 Å². The summed E-state index contributed by atoms with van der Waals surface area (Å²) in [4.78, 5) is 0. The van der Waals surface area contributed by atoms with Crippen LogP contribution in [0.5, 0.6) is 0 Å². The quantitative estimate of drug-likeness (QED) is 0.437. The van der Waals surface area contributed by atoms with Crippen LogP contribution in [0.25, 0.3) is 0 Å². The fraction of sp³-hybridized carbons (Fsp3) is 0.556. The van der Waals surface area contributed by atoms with Crippen molar-refractivity contribution in [3.63, 3.8) is 0 Å². The van der Waals surface area contributed by atoms with Gasteiger partial charge in [-0.2, -0.15) is 0 Å². The molecule has 4 rings (SSSR count). The molecule has 112 valence electrons. The maximum atomic E-state index is 2.54. The van der Waals surface area contributed by atoms with Gasteiger partial charge in [-0.15, -0.1) is 0 Å². The zero-order chi connectivity index (χ0) is 12.7. The molecule has 6 unspecified atom stereocenters. The maximum Gasteiger partial charge on any atom is -1.00 e. The summed E-state index contributed by atoms with van der Waals surface area (Å²) in [7, 11) is 0. The predicted molar refractivity (Wildman–Crippen MR) is 76.5 cm³/mol. The summed E-state index contributed by atoms with van der Waals surface area (Å²) < 4.78 is 2.29. The zero-order valence-corrected chi connectivity index (χ0v) is 17.3. The first-order chi connectivity index (χ1) is 9.42. The molecular formula is C18H22Cl2Hf. The van der Waals surface area contributed by atoms with Crippen molar-refractivity contribution in [1.29, 1.82) is 0 Å². The average Bonchev–Trinajstić information content (AvgIpc) is 3.05. The van der Waals surface area contributed by atoms with Gasteiger partial charge in [0.15, 0.2) is 0 Å². The van der Waals surface area contributed by atoms with Crippen LogP contribution in [0, 0.1) is 23.7 Å². The molecule has 21 heavy (non-hydrogen) atoms. The first-order valence-electron chi connectivity index (χ1n) is 7.88. The van der Waals surface area contributed by atoms with E-state index in [1.165, 1.54) is 12.8 Å². The molecule has 0 spiro atoms. The molecule has 6 atom stereocenters. The first-order valence-corrected chi connectivity index (χ1v) is 12.0. The second-order valence-electron chi connectivity index (χ2n) is 6.56. The molecule has 0 heterocycles. The third kappa shape index (κ3) is 3.51. The van der Waals surface area contributed by atoms with Crippen molar-refractivity contribution in [2.24, 2.45) is 23.7 Å². The molecule has 0 aliphatic heterocycles. The van der Waals surface area contributed by atoms with Gasteiger partial charge >= 0.3 is 128 Å². The minimum Gasteiger partial charge on any atom is -1.00 e. The number of hydrogen-bond donors (Lipinski definition) is 0. The van der Waals surface area contributed by atoms with E-state index < -0.39 is 22.9 Å². The standard InChI is InChI=1S/2C9H11.2ClH.Hf/c2*1-2-5-9-7-3-6-8(9)4-1;;;/h2*1-2,4-6,8-9H,3,7H2;2*1H;/q;;;;+2/p-2. The van der Waals surface area contributed by atoms with Gasteiger partial charge in [0.2, 0.25) is 0 Å². The maximum absolute atomic E-state index is 2.54. The number of hydrogen-bond acceptors (Lipinski definition) is 0. The molecule has 0 aromatic heterocycles. The van der Waals surface area contributed by atoms with E-state index >= 15 is 0 Å². The van der Waals surface area contributed by atoms with Crippen molar-refractivity contribution in [3.8, 4) is 0 Å². The van der Waals surface area contributed by atoms with Crippen LogP contribution < -0.4 is 24.8 Å². The van der Waals surface area contributed by atoms with Gasteiger partial charge in [0.05, 0.1) is 0 Å². The molecule has 0 aromatic rings. The third-order valence-corrected chi connectivity index (χ3v) is 13.5. The van der Waals surface area contributed by atoms with Crippen LogP contribution in [0.4, 0.5) is 0 Å². The number of fused-ring (bicyclic) bond motifs is 2. The monoisotopic (exact) mass is 488 g/mol. The fourth-order valence-corrected chi connectivity index (χ4v) is 13.1. The van der Waals surface area contributed by atoms with Gasteiger partial charge in [0.25, 0.3) is 0 Å². The minimum atomic E-state index is -0.501. The van der Waals surface area contributed by atoms with Crippen molar-refractivity contribution < 1.29 is 47.7 Å². The van der Waals surface area contributed by atoms with E-state index in [-0.39, 0.29) is 24.8 Å². The van der Waals surface area contributed by atoms with Gasteiger partial charge < -0.3 is 24.8 Å². The second kappa shape index (κ2) is 7.79. The van der Waals surface area contributed by atoms with Gasteiger partial charge in [-0.25, -0.2) is 0 Å².